The smallest absolute Gasteiger partial charge is 0.410 e. The highest BCUT2D eigenvalue weighted by molar-refractivity contribution is 7.15. The second kappa shape index (κ2) is 10.9. The number of carbonyl (C=O) groups excluding carboxylic acids is 1. The molecule has 2 aliphatic heterocycles. The zero-order valence-electron chi connectivity index (χ0n) is 20.6. The lowest BCUT2D eigenvalue weighted by Gasteiger charge is -2.34. The van der Waals surface area contributed by atoms with Crippen molar-refractivity contribution >= 4 is 34.2 Å². The topological polar surface area (TPSA) is 91.9 Å². The van der Waals surface area contributed by atoms with Crippen LogP contribution in [0, 0.1) is 6.92 Å². The fourth-order valence-corrected chi connectivity index (χ4v) is 4.82. The minimum Gasteiger partial charge on any atom is -0.444 e. The molecule has 0 aromatic carbocycles. The summed E-state index contributed by atoms with van der Waals surface area (Å²) in [5.74, 6) is 1.57. The Balaban J connectivity index is 1.48. The fraction of sp³-hybridized carbons (Fsp3) is 0.625. The summed E-state index contributed by atoms with van der Waals surface area (Å²) in [6.07, 6.45) is 3.50. The average Bonchev–Trinajstić information content (AvgIpc) is 3.18. The van der Waals surface area contributed by atoms with Gasteiger partial charge in [-0.2, -0.15) is 0 Å². The molecule has 1 unspecified atom stereocenters. The number of ether oxygens (including phenoxy) is 2. The minimum absolute atomic E-state index is 0.113. The molecule has 4 heterocycles. The van der Waals surface area contributed by atoms with Crippen LogP contribution in [-0.4, -0.2) is 76.9 Å². The van der Waals surface area contributed by atoms with E-state index in [-0.39, 0.29) is 12.1 Å². The average molecular weight is 489 g/mol. The molecule has 2 aromatic heterocycles. The van der Waals surface area contributed by atoms with Crippen molar-refractivity contribution in [1.82, 2.24) is 19.8 Å². The summed E-state index contributed by atoms with van der Waals surface area (Å²) < 4.78 is 11.1. The van der Waals surface area contributed by atoms with Gasteiger partial charge in [0.25, 0.3) is 0 Å². The summed E-state index contributed by atoms with van der Waals surface area (Å²) in [6.45, 7) is 13.3. The monoisotopic (exact) mass is 488 g/mol. The van der Waals surface area contributed by atoms with Crippen molar-refractivity contribution in [3.8, 4) is 0 Å². The molecule has 2 saturated heterocycles. The Morgan fingerprint density at radius 3 is 2.71 bits per heavy atom. The molecule has 2 aromatic rings. The van der Waals surface area contributed by atoms with Gasteiger partial charge in [0.05, 0.1) is 13.2 Å². The zero-order chi connectivity index (χ0) is 24.1. The van der Waals surface area contributed by atoms with Crippen LogP contribution in [0.3, 0.4) is 0 Å². The van der Waals surface area contributed by atoms with Crippen LogP contribution in [0.25, 0.3) is 0 Å². The number of aromatic nitrogens is 2. The van der Waals surface area contributed by atoms with E-state index in [0.29, 0.717) is 13.1 Å². The van der Waals surface area contributed by atoms with Crippen molar-refractivity contribution in [2.24, 2.45) is 0 Å². The number of nitrogens with one attached hydrogen (secondary N) is 2. The number of piperidine rings is 1. The fourth-order valence-electron chi connectivity index (χ4n) is 4.15. The van der Waals surface area contributed by atoms with E-state index in [9.17, 15) is 4.79 Å². The molecule has 34 heavy (non-hydrogen) atoms. The van der Waals surface area contributed by atoms with Gasteiger partial charge in [0.2, 0.25) is 0 Å². The van der Waals surface area contributed by atoms with Crippen molar-refractivity contribution in [1.29, 1.82) is 0 Å². The Bertz CT molecular complexity index is 970. The first-order valence-electron chi connectivity index (χ1n) is 12.0. The van der Waals surface area contributed by atoms with Crippen LogP contribution in [0.15, 0.2) is 18.3 Å². The molecule has 2 N–H and O–H groups in total. The van der Waals surface area contributed by atoms with E-state index >= 15 is 0 Å². The Hall–Kier alpha value is -2.43. The lowest BCUT2D eigenvalue weighted by Crippen LogP contribution is -2.47. The van der Waals surface area contributed by atoms with Crippen LogP contribution in [0.4, 0.5) is 21.6 Å². The first kappa shape index (κ1) is 24.7. The highest BCUT2D eigenvalue weighted by Crippen LogP contribution is 2.25. The quantitative estimate of drug-likeness (QED) is 0.624. The molecule has 0 saturated carbocycles. The molecule has 10 heteroatoms. The summed E-state index contributed by atoms with van der Waals surface area (Å²) in [4.78, 5) is 27.2. The lowest BCUT2D eigenvalue weighted by molar-refractivity contribution is 0.0206. The number of thiazole rings is 1. The normalized spacial score (nSPS) is 19.6. The summed E-state index contributed by atoms with van der Waals surface area (Å²) >= 11 is 1.61. The largest absolute Gasteiger partial charge is 0.444 e. The first-order valence-corrected chi connectivity index (χ1v) is 12.8. The summed E-state index contributed by atoms with van der Waals surface area (Å²) in [5, 5.41) is 7.77. The molecule has 9 nitrogen and oxygen atoms in total. The molecular weight excluding hydrogens is 452 g/mol. The van der Waals surface area contributed by atoms with E-state index in [1.54, 1.807) is 16.2 Å². The molecule has 1 atom stereocenters. The first-order chi connectivity index (χ1) is 16.2. The maximum absolute atomic E-state index is 12.6. The summed E-state index contributed by atoms with van der Waals surface area (Å²) in [7, 11) is 0. The second-order valence-electron chi connectivity index (χ2n) is 9.95. The SMILES string of the molecule is Cc1cnc(Nc2cc(CN3CCOCC3)cc(NC3CCCN(C(=O)OC(C)(C)C)C3)n2)s1. The van der Waals surface area contributed by atoms with Crippen molar-refractivity contribution < 1.29 is 14.3 Å². The van der Waals surface area contributed by atoms with Gasteiger partial charge in [0.1, 0.15) is 17.2 Å². The van der Waals surface area contributed by atoms with Crippen molar-refractivity contribution in [3.05, 3.63) is 28.8 Å². The zero-order valence-corrected chi connectivity index (χ0v) is 21.4. The van der Waals surface area contributed by atoms with Crippen molar-refractivity contribution in [3.63, 3.8) is 0 Å². The Morgan fingerprint density at radius 2 is 2.00 bits per heavy atom. The molecule has 2 fully saturated rings. The molecule has 0 bridgehead atoms. The van der Waals surface area contributed by atoms with Gasteiger partial charge in [-0.3, -0.25) is 4.90 Å². The van der Waals surface area contributed by atoms with Gasteiger partial charge in [-0.15, -0.1) is 11.3 Å². The van der Waals surface area contributed by atoms with Gasteiger partial charge < -0.3 is 25.0 Å². The van der Waals surface area contributed by atoms with E-state index in [0.717, 1.165) is 67.3 Å². The number of pyridine rings is 1. The predicted octanol–water partition coefficient (Wildman–Crippen LogP) is 4.23. The van der Waals surface area contributed by atoms with Crippen LogP contribution in [0.5, 0.6) is 0 Å². The molecule has 2 aliphatic rings. The van der Waals surface area contributed by atoms with Crippen LogP contribution in [-0.2, 0) is 16.0 Å². The number of hydrogen-bond acceptors (Lipinski definition) is 9. The van der Waals surface area contributed by atoms with Crippen molar-refractivity contribution in [2.45, 2.75) is 58.7 Å². The van der Waals surface area contributed by atoms with E-state index < -0.39 is 5.60 Å². The third-order valence-electron chi connectivity index (χ3n) is 5.68. The number of hydrogen-bond donors (Lipinski definition) is 2. The highest BCUT2D eigenvalue weighted by atomic mass is 32.1. The van der Waals surface area contributed by atoms with Crippen molar-refractivity contribution in [2.75, 3.05) is 50.0 Å². The van der Waals surface area contributed by atoms with Gasteiger partial charge in [-0.25, -0.2) is 14.8 Å². The number of carbonyl (C=O) groups is 1. The van der Waals surface area contributed by atoms with Crippen LogP contribution in [0.2, 0.25) is 0 Å². The minimum atomic E-state index is -0.498. The van der Waals surface area contributed by atoms with Crippen LogP contribution >= 0.6 is 11.3 Å². The van der Waals surface area contributed by atoms with Crippen LogP contribution < -0.4 is 10.6 Å². The van der Waals surface area contributed by atoms with Gasteiger partial charge in [0.15, 0.2) is 5.13 Å². The Labute approximate surface area is 205 Å². The highest BCUT2D eigenvalue weighted by Gasteiger charge is 2.28. The van der Waals surface area contributed by atoms with Gasteiger partial charge in [0, 0.05) is 49.8 Å². The third kappa shape index (κ3) is 7.28. The number of anilines is 3. The number of aryl methyl sites for hydroxylation is 1. The number of amides is 1. The van der Waals surface area contributed by atoms with E-state index in [4.69, 9.17) is 14.5 Å². The summed E-state index contributed by atoms with van der Waals surface area (Å²) in [6, 6.07) is 4.31. The van der Waals surface area contributed by atoms with Gasteiger partial charge in [-0.05, 0) is 58.2 Å². The Morgan fingerprint density at radius 1 is 1.24 bits per heavy atom. The van der Waals surface area contributed by atoms with Gasteiger partial charge >= 0.3 is 6.09 Å². The number of morpholine rings is 1. The molecule has 1 amide bonds. The third-order valence-corrected chi connectivity index (χ3v) is 6.50. The number of rotatable bonds is 6. The molecule has 4 rings (SSSR count). The maximum Gasteiger partial charge on any atom is 0.410 e. The molecule has 0 radical (unpaired) electrons. The van der Waals surface area contributed by atoms with E-state index in [1.165, 1.54) is 5.56 Å². The summed E-state index contributed by atoms with van der Waals surface area (Å²) in [5.41, 5.74) is 0.677. The molecule has 0 spiro atoms. The molecular formula is C24H36N6O3S. The van der Waals surface area contributed by atoms with Gasteiger partial charge in [-0.1, -0.05) is 0 Å². The maximum atomic E-state index is 12.6. The molecule has 0 aliphatic carbocycles. The lowest BCUT2D eigenvalue weighted by atomic mass is 10.1. The standard InChI is InChI=1S/C24H36N6O3S/c1-17-14-25-22(34-17)28-21-13-18(15-29-8-10-32-11-9-29)12-20(27-21)26-19-6-5-7-30(16-19)23(31)33-24(2,3)4/h12-14,19H,5-11,15-16H2,1-4H3,(H2,25,26,27,28). The predicted molar refractivity (Wildman–Crippen MR) is 135 cm³/mol. The van der Waals surface area contributed by atoms with E-state index in [1.807, 2.05) is 33.9 Å². The van der Waals surface area contributed by atoms with Crippen LogP contribution in [0.1, 0.15) is 44.1 Å². The number of likely N-dealkylation sites (tertiary alicyclic amines) is 1. The Kier molecular flexibility index (Phi) is 7.90. The number of nitrogens with zero attached hydrogens (tertiary/aromatic N) is 4. The van der Waals surface area contributed by atoms with E-state index in [2.05, 4.69) is 32.7 Å². The second-order valence-corrected chi connectivity index (χ2v) is 11.2. The molecule has 186 valence electrons.